The molecular formula is C15H20O8. The minimum absolute atomic E-state index is 0.0156. The van der Waals surface area contributed by atoms with E-state index >= 15 is 0 Å². The Bertz CT molecular complexity index is 528. The lowest BCUT2D eigenvalue weighted by Crippen LogP contribution is -2.40. The summed E-state index contributed by atoms with van der Waals surface area (Å²) in [5, 5.41) is 0. The highest BCUT2D eigenvalue weighted by Crippen LogP contribution is 2.18. The van der Waals surface area contributed by atoms with Gasteiger partial charge >= 0.3 is 30.2 Å². The number of cyclic esters (lactones) is 1. The zero-order chi connectivity index (χ0) is 17.8. The molecule has 0 aromatic carbocycles. The van der Waals surface area contributed by atoms with Crippen LogP contribution in [0.2, 0.25) is 0 Å². The summed E-state index contributed by atoms with van der Waals surface area (Å²) in [7, 11) is 0. The SMILES string of the molecule is C=C(C)C(=O)OC(OC(=O)C1CCC(=O)O1)C(=O)OC(C)(C)C. The van der Waals surface area contributed by atoms with E-state index in [0.717, 1.165) is 0 Å². The van der Waals surface area contributed by atoms with Gasteiger partial charge in [-0.25, -0.2) is 14.4 Å². The Morgan fingerprint density at radius 1 is 1.26 bits per heavy atom. The molecule has 0 aromatic heterocycles. The standard InChI is InChI=1S/C15H20O8/c1-8(2)11(17)21-14(13(19)23-15(3,4)5)22-12(18)9-6-7-10(16)20-9/h9,14H,1,6-7H2,2-5H3. The molecule has 1 aliphatic heterocycles. The summed E-state index contributed by atoms with van der Waals surface area (Å²) in [5.74, 6) is -3.50. The number of hydrogen-bond acceptors (Lipinski definition) is 8. The van der Waals surface area contributed by atoms with Gasteiger partial charge in [0.05, 0.1) is 0 Å². The molecule has 1 saturated heterocycles. The van der Waals surface area contributed by atoms with Crippen molar-refractivity contribution in [2.75, 3.05) is 0 Å². The van der Waals surface area contributed by atoms with E-state index in [1.165, 1.54) is 6.92 Å². The third kappa shape index (κ3) is 6.09. The number of ether oxygens (including phenoxy) is 4. The fourth-order valence-corrected chi connectivity index (χ4v) is 1.54. The molecule has 0 amide bonds. The van der Waals surface area contributed by atoms with E-state index in [1.54, 1.807) is 20.8 Å². The molecule has 1 rings (SSSR count). The van der Waals surface area contributed by atoms with Crippen molar-refractivity contribution in [2.24, 2.45) is 0 Å². The monoisotopic (exact) mass is 328 g/mol. The highest BCUT2D eigenvalue weighted by atomic mass is 16.7. The molecule has 0 spiro atoms. The van der Waals surface area contributed by atoms with Crippen molar-refractivity contribution in [3.63, 3.8) is 0 Å². The summed E-state index contributed by atoms with van der Waals surface area (Å²) in [5.41, 5.74) is -0.862. The number of carbonyl (C=O) groups is 4. The Hall–Kier alpha value is -2.38. The molecule has 1 fully saturated rings. The lowest BCUT2D eigenvalue weighted by atomic mass is 10.2. The molecule has 8 heteroatoms. The average Bonchev–Trinajstić information content (AvgIpc) is 2.82. The van der Waals surface area contributed by atoms with E-state index in [4.69, 9.17) is 18.9 Å². The van der Waals surface area contributed by atoms with E-state index in [0.29, 0.717) is 0 Å². The van der Waals surface area contributed by atoms with Crippen LogP contribution in [0.4, 0.5) is 0 Å². The third-order valence-electron chi connectivity index (χ3n) is 2.53. The lowest BCUT2D eigenvalue weighted by molar-refractivity contribution is -0.212. The second-order valence-corrected chi connectivity index (χ2v) is 6.01. The average molecular weight is 328 g/mol. The Balaban J connectivity index is 2.79. The van der Waals surface area contributed by atoms with Gasteiger partial charge in [0.15, 0.2) is 6.10 Å². The number of esters is 4. The molecule has 0 saturated carbocycles. The van der Waals surface area contributed by atoms with Gasteiger partial charge in [-0.1, -0.05) is 6.58 Å². The fraction of sp³-hybridized carbons (Fsp3) is 0.600. The Kier molecular flexibility index (Phi) is 5.89. The molecule has 0 aliphatic carbocycles. The molecule has 128 valence electrons. The number of carbonyl (C=O) groups excluding carboxylic acids is 4. The second-order valence-electron chi connectivity index (χ2n) is 6.01. The predicted molar refractivity (Wildman–Crippen MR) is 75.7 cm³/mol. The molecule has 0 aromatic rings. The van der Waals surface area contributed by atoms with Gasteiger partial charge in [-0.15, -0.1) is 0 Å². The van der Waals surface area contributed by atoms with Crippen LogP contribution in [-0.4, -0.2) is 41.9 Å². The van der Waals surface area contributed by atoms with Crippen LogP contribution in [0.1, 0.15) is 40.5 Å². The normalized spacial score (nSPS) is 18.6. The molecule has 2 unspecified atom stereocenters. The van der Waals surface area contributed by atoms with Gasteiger partial charge in [0, 0.05) is 18.4 Å². The van der Waals surface area contributed by atoms with Crippen molar-refractivity contribution in [1.29, 1.82) is 0 Å². The van der Waals surface area contributed by atoms with E-state index in [2.05, 4.69) is 6.58 Å². The van der Waals surface area contributed by atoms with E-state index < -0.39 is 41.9 Å². The lowest BCUT2D eigenvalue weighted by Gasteiger charge is -2.24. The van der Waals surface area contributed by atoms with Crippen LogP contribution in [0.5, 0.6) is 0 Å². The molecule has 8 nitrogen and oxygen atoms in total. The summed E-state index contributed by atoms with van der Waals surface area (Å²) in [6, 6.07) is 0. The van der Waals surface area contributed by atoms with E-state index in [9.17, 15) is 19.2 Å². The van der Waals surface area contributed by atoms with Crippen LogP contribution >= 0.6 is 0 Å². The predicted octanol–water partition coefficient (Wildman–Crippen LogP) is 1.02. The molecule has 23 heavy (non-hydrogen) atoms. The van der Waals surface area contributed by atoms with Crippen molar-refractivity contribution in [2.45, 2.75) is 58.5 Å². The van der Waals surface area contributed by atoms with E-state index in [-0.39, 0.29) is 18.4 Å². The van der Waals surface area contributed by atoms with Crippen LogP contribution in [0.15, 0.2) is 12.2 Å². The number of hydrogen-bond donors (Lipinski definition) is 0. The summed E-state index contributed by atoms with van der Waals surface area (Å²) >= 11 is 0. The van der Waals surface area contributed by atoms with Crippen LogP contribution < -0.4 is 0 Å². The zero-order valence-corrected chi connectivity index (χ0v) is 13.5. The zero-order valence-electron chi connectivity index (χ0n) is 13.5. The Morgan fingerprint density at radius 2 is 1.87 bits per heavy atom. The van der Waals surface area contributed by atoms with Crippen molar-refractivity contribution in [3.8, 4) is 0 Å². The first-order valence-electron chi connectivity index (χ1n) is 6.99. The highest BCUT2D eigenvalue weighted by Gasteiger charge is 2.37. The molecule has 0 bridgehead atoms. The molecule has 1 aliphatic rings. The van der Waals surface area contributed by atoms with Gasteiger partial charge in [0.25, 0.3) is 0 Å². The minimum atomic E-state index is -1.90. The Labute approximate surface area is 133 Å². The maximum atomic E-state index is 12.0. The first kappa shape index (κ1) is 18.7. The van der Waals surface area contributed by atoms with Gasteiger partial charge in [-0.3, -0.25) is 4.79 Å². The van der Waals surface area contributed by atoms with Crippen LogP contribution in [-0.2, 0) is 38.1 Å². The number of rotatable bonds is 5. The first-order valence-corrected chi connectivity index (χ1v) is 6.99. The fourth-order valence-electron chi connectivity index (χ4n) is 1.54. The van der Waals surface area contributed by atoms with Crippen LogP contribution in [0.3, 0.4) is 0 Å². The van der Waals surface area contributed by atoms with E-state index in [1.807, 2.05) is 0 Å². The third-order valence-corrected chi connectivity index (χ3v) is 2.53. The van der Waals surface area contributed by atoms with Gasteiger partial charge in [0.1, 0.15) is 5.60 Å². The van der Waals surface area contributed by atoms with Crippen molar-refractivity contribution in [3.05, 3.63) is 12.2 Å². The van der Waals surface area contributed by atoms with Crippen LogP contribution in [0.25, 0.3) is 0 Å². The maximum Gasteiger partial charge on any atom is 0.390 e. The van der Waals surface area contributed by atoms with Crippen molar-refractivity contribution in [1.82, 2.24) is 0 Å². The molecule has 2 atom stereocenters. The highest BCUT2D eigenvalue weighted by molar-refractivity contribution is 5.90. The smallest absolute Gasteiger partial charge is 0.390 e. The van der Waals surface area contributed by atoms with Gasteiger partial charge in [-0.05, 0) is 27.7 Å². The minimum Gasteiger partial charge on any atom is -0.454 e. The van der Waals surface area contributed by atoms with Gasteiger partial charge in [-0.2, -0.15) is 0 Å². The second kappa shape index (κ2) is 7.26. The summed E-state index contributed by atoms with van der Waals surface area (Å²) in [6.45, 7) is 9.54. The molecular weight excluding hydrogens is 308 g/mol. The molecule has 0 N–H and O–H groups in total. The topological polar surface area (TPSA) is 105 Å². The maximum absolute atomic E-state index is 12.0. The summed E-state index contributed by atoms with van der Waals surface area (Å²) in [6.07, 6.45) is -2.82. The van der Waals surface area contributed by atoms with Crippen LogP contribution in [0, 0.1) is 0 Å². The quantitative estimate of drug-likeness (QED) is 0.319. The molecule has 0 radical (unpaired) electrons. The summed E-state index contributed by atoms with van der Waals surface area (Å²) in [4.78, 5) is 46.5. The van der Waals surface area contributed by atoms with Gasteiger partial charge in [0.2, 0.25) is 0 Å². The van der Waals surface area contributed by atoms with Crippen molar-refractivity contribution >= 4 is 23.9 Å². The largest absolute Gasteiger partial charge is 0.454 e. The molecule has 1 heterocycles. The first-order chi connectivity index (χ1) is 10.5. The summed E-state index contributed by atoms with van der Waals surface area (Å²) < 4.78 is 19.4. The van der Waals surface area contributed by atoms with Gasteiger partial charge < -0.3 is 18.9 Å². The van der Waals surface area contributed by atoms with Crippen molar-refractivity contribution < 1.29 is 38.1 Å². The Morgan fingerprint density at radius 3 is 2.30 bits per heavy atom.